The highest BCUT2D eigenvalue weighted by molar-refractivity contribution is 5.68. The molecule has 98 valence electrons. The lowest BCUT2D eigenvalue weighted by Crippen LogP contribution is -2.23. The van der Waals surface area contributed by atoms with Gasteiger partial charge in [0.15, 0.2) is 5.75 Å². The zero-order chi connectivity index (χ0) is 13.1. The zero-order valence-electron chi connectivity index (χ0n) is 10.5. The Morgan fingerprint density at radius 1 is 1.56 bits per heavy atom. The maximum atomic E-state index is 11.1. The number of methoxy groups -OCH3 is 1. The number of para-hydroxylation sites is 1. The molecule has 0 aliphatic carbocycles. The summed E-state index contributed by atoms with van der Waals surface area (Å²) in [5.41, 5.74) is 0.536. The SMILES string of the molecule is COc1cccc(NC2CCN(C)C2)c1[N+](=O)[O-]. The molecule has 1 heterocycles. The average molecular weight is 251 g/mol. The van der Waals surface area contributed by atoms with Crippen LogP contribution in [0.1, 0.15) is 6.42 Å². The lowest BCUT2D eigenvalue weighted by Gasteiger charge is -2.15. The highest BCUT2D eigenvalue weighted by Crippen LogP contribution is 2.35. The summed E-state index contributed by atoms with van der Waals surface area (Å²) >= 11 is 0. The van der Waals surface area contributed by atoms with Gasteiger partial charge in [-0.3, -0.25) is 10.1 Å². The van der Waals surface area contributed by atoms with Gasteiger partial charge in [-0.25, -0.2) is 0 Å². The number of anilines is 1. The summed E-state index contributed by atoms with van der Waals surface area (Å²) in [5.74, 6) is 0.288. The second kappa shape index (κ2) is 5.22. The summed E-state index contributed by atoms with van der Waals surface area (Å²) in [6.07, 6.45) is 0.991. The van der Waals surface area contributed by atoms with Crippen LogP contribution in [0.3, 0.4) is 0 Å². The predicted octanol–water partition coefficient (Wildman–Crippen LogP) is 1.72. The zero-order valence-corrected chi connectivity index (χ0v) is 10.5. The van der Waals surface area contributed by atoms with E-state index in [0.717, 1.165) is 19.5 Å². The van der Waals surface area contributed by atoms with Gasteiger partial charge in [-0.2, -0.15) is 0 Å². The summed E-state index contributed by atoms with van der Waals surface area (Å²) in [7, 11) is 3.48. The molecule has 1 aromatic rings. The standard InChI is InChI=1S/C12H17N3O3/c1-14-7-6-9(8-14)13-10-4-3-5-11(18-2)12(10)15(16)17/h3-5,9,13H,6-8H2,1-2H3. The lowest BCUT2D eigenvalue weighted by atomic mass is 10.2. The number of ether oxygens (including phenoxy) is 1. The first kappa shape index (κ1) is 12.6. The second-order valence-corrected chi connectivity index (χ2v) is 4.51. The van der Waals surface area contributed by atoms with Crippen molar-refractivity contribution >= 4 is 11.4 Å². The first-order valence-corrected chi connectivity index (χ1v) is 5.88. The van der Waals surface area contributed by atoms with Crippen LogP contribution < -0.4 is 10.1 Å². The predicted molar refractivity (Wildman–Crippen MR) is 69.2 cm³/mol. The molecule has 6 heteroatoms. The summed E-state index contributed by atoms with van der Waals surface area (Å²) < 4.78 is 5.04. The van der Waals surface area contributed by atoms with Crippen LogP contribution in [0.4, 0.5) is 11.4 Å². The molecule has 0 radical (unpaired) electrons. The highest BCUT2D eigenvalue weighted by atomic mass is 16.6. The van der Waals surface area contributed by atoms with Crippen molar-refractivity contribution in [2.75, 3.05) is 32.6 Å². The molecular formula is C12H17N3O3. The number of hydrogen-bond donors (Lipinski definition) is 1. The third-order valence-electron chi connectivity index (χ3n) is 3.15. The summed E-state index contributed by atoms with van der Waals surface area (Å²) in [6.45, 7) is 1.91. The number of nitro benzene ring substituents is 1. The molecule has 1 N–H and O–H groups in total. The molecule has 2 rings (SSSR count). The molecule has 1 saturated heterocycles. The molecule has 6 nitrogen and oxygen atoms in total. The van der Waals surface area contributed by atoms with Crippen molar-refractivity contribution in [1.82, 2.24) is 4.90 Å². The first-order valence-electron chi connectivity index (χ1n) is 5.88. The highest BCUT2D eigenvalue weighted by Gasteiger charge is 2.25. The molecule has 0 amide bonds. The fourth-order valence-corrected chi connectivity index (χ4v) is 2.26. The van der Waals surface area contributed by atoms with E-state index in [0.29, 0.717) is 5.69 Å². The van der Waals surface area contributed by atoms with Crippen molar-refractivity contribution in [3.8, 4) is 5.75 Å². The molecule has 0 spiro atoms. The number of rotatable bonds is 4. The van der Waals surface area contributed by atoms with E-state index in [1.165, 1.54) is 7.11 Å². The van der Waals surface area contributed by atoms with Crippen LogP contribution in [0, 0.1) is 10.1 Å². The molecule has 1 atom stereocenters. The van der Waals surface area contributed by atoms with E-state index in [1.807, 2.05) is 7.05 Å². The summed E-state index contributed by atoms with van der Waals surface area (Å²) in [6, 6.07) is 5.33. The van der Waals surface area contributed by atoms with Gasteiger partial charge in [0, 0.05) is 12.6 Å². The number of nitro groups is 1. The number of nitrogens with zero attached hydrogens (tertiary/aromatic N) is 2. The van der Waals surface area contributed by atoms with Crippen molar-refractivity contribution in [2.24, 2.45) is 0 Å². The van der Waals surface area contributed by atoms with Crippen molar-refractivity contribution in [2.45, 2.75) is 12.5 Å². The Morgan fingerprint density at radius 2 is 2.33 bits per heavy atom. The van der Waals surface area contributed by atoms with E-state index >= 15 is 0 Å². The van der Waals surface area contributed by atoms with Gasteiger partial charge in [0.25, 0.3) is 0 Å². The molecule has 1 aliphatic heterocycles. The monoisotopic (exact) mass is 251 g/mol. The minimum absolute atomic E-state index is 0.00885. The summed E-state index contributed by atoms with van der Waals surface area (Å²) in [5, 5.41) is 14.3. The van der Waals surface area contributed by atoms with Gasteiger partial charge in [0.2, 0.25) is 0 Å². The van der Waals surface area contributed by atoms with Gasteiger partial charge in [-0.05, 0) is 32.1 Å². The Bertz CT molecular complexity index is 450. The molecule has 1 aliphatic rings. The van der Waals surface area contributed by atoms with Crippen molar-refractivity contribution < 1.29 is 9.66 Å². The number of benzene rings is 1. The Hall–Kier alpha value is -1.82. The summed E-state index contributed by atoms with van der Waals surface area (Å²) in [4.78, 5) is 12.9. The fourth-order valence-electron chi connectivity index (χ4n) is 2.26. The molecule has 0 aromatic heterocycles. The first-order chi connectivity index (χ1) is 8.61. The van der Waals surface area contributed by atoms with Crippen LogP contribution in [-0.2, 0) is 0 Å². The minimum Gasteiger partial charge on any atom is -0.490 e. The van der Waals surface area contributed by atoms with E-state index in [4.69, 9.17) is 4.74 Å². The fraction of sp³-hybridized carbons (Fsp3) is 0.500. The third-order valence-corrected chi connectivity index (χ3v) is 3.15. The lowest BCUT2D eigenvalue weighted by molar-refractivity contribution is -0.384. The van der Waals surface area contributed by atoms with Crippen LogP contribution in [-0.4, -0.2) is 43.1 Å². The maximum Gasteiger partial charge on any atom is 0.333 e. The Balaban J connectivity index is 2.24. The smallest absolute Gasteiger partial charge is 0.333 e. The Kier molecular flexibility index (Phi) is 3.66. The van der Waals surface area contributed by atoms with E-state index in [-0.39, 0.29) is 17.5 Å². The van der Waals surface area contributed by atoms with Gasteiger partial charge in [-0.15, -0.1) is 0 Å². The van der Waals surface area contributed by atoms with E-state index in [2.05, 4.69) is 10.2 Å². The van der Waals surface area contributed by atoms with Crippen LogP contribution in [0.2, 0.25) is 0 Å². The average Bonchev–Trinajstić information content (AvgIpc) is 2.74. The molecular weight excluding hydrogens is 234 g/mol. The third kappa shape index (κ3) is 2.53. The largest absolute Gasteiger partial charge is 0.490 e. The second-order valence-electron chi connectivity index (χ2n) is 4.51. The van der Waals surface area contributed by atoms with Gasteiger partial charge < -0.3 is 15.0 Å². The van der Waals surface area contributed by atoms with Crippen LogP contribution in [0.25, 0.3) is 0 Å². The number of hydrogen-bond acceptors (Lipinski definition) is 5. The quantitative estimate of drug-likeness (QED) is 0.652. The van der Waals surface area contributed by atoms with Crippen LogP contribution in [0.5, 0.6) is 5.75 Å². The molecule has 0 saturated carbocycles. The van der Waals surface area contributed by atoms with E-state index in [1.54, 1.807) is 18.2 Å². The Morgan fingerprint density at radius 3 is 2.89 bits per heavy atom. The van der Waals surface area contributed by atoms with Gasteiger partial charge >= 0.3 is 5.69 Å². The van der Waals surface area contributed by atoms with Gasteiger partial charge in [-0.1, -0.05) is 6.07 Å². The van der Waals surface area contributed by atoms with Gasteiger partial charge in [0.1, 0.15) is 5.69 Å². The number of nitrogens with one attached hydrogen (secondary N) is 1. The topological polar surface area (TPSA) is 67.6 Å². The molecule has 1 fully saturated rings. The van der Waals surface area contributed by atoms with Crippen LogP contribution >= 0.6 is 0 Å². The van der Waals surface area contributed by atoms with Crippen molar-refractivity contribution in [1.29, 1.82) is 0 Å². The van der Waals surface area contributed by atoms with Crippen molar-refractivity contribution in [3.63, 3.8) is 0 Å². The molecule has 1 aromatic carbocycles. The minimum atomic E-state index is -0.403. The Labute approximate surface area is 106 Å². The maximum absolute atomic E-state index is 11.1. The normalized spacial score (nSPS) is 19.8. The van der Waals surface area contributed by atoms with Crippen LogP contribution in [0.15, 0.2) is 18.2 Å². The molecule has 1 unspecified atom stereocenters. The van der Waals surface area contributed by atoms with Crippen molar-refractivity contribution in [3.05, 3.63) is 28.3 Å². The number of likely N-dealkylation sites (N-methyl/N-ethyl adjacent to an activating group) is 1. The van der Waals surface area contributed by atoms with E-state index < -0.39 is 4.92 Å². The number of likely N-dealkylation sites (tertiary alicyclic amines) is 1. The molecule has 18 heavy (non-hydrogen) atoms. The van der Waals surface area contributed by atoms with Gasteiger partial charge in [0.05, 0.1) is 12.0 Å². The van der Waals surface area contributed by atoms with E-state index in [9.17, 15) is 10.1 Å². The molecule has 0 bridgehead atoms.